The molecule has 0 radical (unpaired) electrons. The SMILES string of the molecule is CCOCC(O)COc1ccc(C(=O)O)cc1OC. The van der Waals surface area contributed by atoms with Crippen molar-refractivity contribution in [2.45, 2.75) is 13.0 Å². The van der Waals surface area contributed by atoms with Crippen molar-refractivity contribution in [2.24, 2.45) is 0 Å². The zero-order valence-electron chi connectivity index (χ0n) is 11.0. The highest BCUT2D eigenvalue weighted by molar-refractivity contribution is 5.88. The summed E-state index contributed by atoms with van der Waals surface area (Å²) in [7, 11) is 1.42. The predicted molar refractivity (Wildman–Crippen MR) is 67.9 cm³/mol. The molecule has 0 aliphatic rings. The molecule has 6 heteroatoms. The fraction of sp³-hybridized carbons (Fsp3) is 0.462. The van der Waals surface area contributed by atoms with E-state index in [4.69, 9.17) is 19.3 Å². The molecule has 1 rings (SSSR count). The summed E-state index contributed by atoms with van der Waals surface area (Å²) in [4.78, 5) is 10.8. The number of ether oxygens (including phenoxy) is 3. The van der Waals surface area contributed by atoms with Crippen molar-refractivity contribution in [1.29, 1.82) is 0 Å². The molecule has 0 fully saturated rings. The molecule has 0 amide bonds. The van der Waals surface area contributed by atoms with Crippen molar-refractivity contribution in [3.63, 3.8) is 0 Å². The van der Waals surface area contributed by atoms with Crippen LogP contribution in [-0.4, -0.2) is 49.2 Å². The van der Waals surface area contributed by atoms with Crippen LogP contribution in [0.1, 0.15) is 17.3 Å². The third kappa shape index (κ3) is 4.76. The van der Waals surface area contributed by atoms with Gasteiger partial charge in [-0.1, -0.05) is 0 Å². The van der Waals surface area contributed by atoms with Crippen LogP contribution in [0.15, 0.2) is 18.2 Å². The third-order valence-electron chi connectivity index (χ3n) is 2.36. The van der Waals surface area contributed by atoms with E-state index in [9.17, 15) is 9.90 Å². The first-order valence-corrected chi connectivity index (χ1v) is 5.88. The van der Waals surface area contributed by atoms with Gasteiger partial charge in [-0.3, -0.25) is 0 Å². The Morgan fingerprint density at radius 1 is 1.32 bits per heavy atom. The minimum Gasteiger partial charge on any atom is -0.493 e. The standard InChI is InChI=1S/C13H18O6/c1-3-18-7-10(14)8-19-11-5-4-9(13(15)16)6-12(11)17-2/h4-6,10,14H,3,7-8H2,1-2H3,(H,15,16). The number of aliphatic hydroxyl groups excluding tert-OH is 1. The zero-order chi connectivity index (χ0) is 14.3. The Labute approximate surface area is 111 Å². The number of hydrogen-bond donors (Lipinski definition) is 2. The van der Waals surface area contributed by atoms with Gasteiger partial charge in [0, 0.05) is 6.61 Å². The lowest BCUT2D eigenvalue weighted by Crippen LogP contribution is -2.23. The summed E-state index contributed by atoms with van der Waals surface area (Å²) in [6.07, 6.45) is -0.746. The van der Waals surface area contributed by atoms with Gasteiger partial charge < -0.3 is 24.4 Å². The molecule has 0 bridgehead atoms. The van der Waals surface area contributed by atoms with Crippen LogP contribution < -0.4 is 9.47 Å². The molecule has 1 atom stereocenters. The molecule has 0 aromatic heterocycles. The van der Waals surface area contributed by atoms with Gasteiger partial charge in [0.25, 0.3) is 0 Å². The van der Waals surface area contributed by atoms with E-state index in [1.54, 1.807) is 0 Å². The summed E-state index contributed by atoms with van der Waals surface area (Å²) in [5.74, 6) is -0.354. The first kappa shape index (κ1) is 15.3. The van der Waals surface area contributed by atoms with Crippen LogP contribution in [0.25, 0.3) is 0 Å². The number of aromatic carboxylic acids is 1. The van der Waals surface area contributed by atoms with Crippen molar-refractivity contribution in [2.75, 3.05) is 26.9 Å². The summed E-state index contributed by atoms with van der Waals surface area (Å²) in [5.41, 5.74) is 0.110. The normalized spacial score (nSPS) is 11.9. The number of methoxy groups -OCH3 is 1. The monoisotopic (exact) mass is 270 g/mol. The van der Waals surface area contributed by atoms with E-state index in [0.29, 0.717) is 18.1 Å². The van der Waals surface area contributed by atoms with Crippen LogP contribution in [-0.2, 0) is 4.74 Å². The van der Waals surface area contributed by atoms with E-state index in [1.165, 1.54) is 25.3 Å². The second kappa shape index (κ2) is 7.60. The molecule has 6 nitrogen and oxygen atoms in total. The molecule has 0 saturated heterocycles. The first-order valence-electron chi connectivity index (χ1n) is 5.88. The second-order valence-corrected chi connectivity index (χ2v) is 3.80. The summed E-state index contributed by atoms with van der Waals surface area (Å²) >= 11 is 0. The van der Waals surface area contributed by atoms with Gasteiger partial charge in [0.15, 0.2) is 11.5 Å². The highest BCUT2D eigenvalue weighted by atomic mass is 16.5. The largest absolute Gasteiger partial charge is 0.493 e. The number of benzene rings is 1. The molecule has 1 aromatic carbocycles. The molecule has 0 spiro atoms. The molecule has 0 aliphatic carbocycles. The van der Waals surface area contributed by atoms with Crippen LogP contribution in [0.3, 0.4) is 0 Å². The summed E-state index contributed by atoms with van der Waals surface area (Å²) in [6, 6.07) is 4.28. The topological polar surface area (TPSA) is 85.2 Å². The molecule has 106 valence electrons. The number of carbonyl (C=O) groups is 1. The van der Waals surface area contributed by atoms with Gasteiger partial charge in [0.1, 0.15) is 12.7 Å². The molecule has 1 unspecified atom stereocenters. The Bertz CT molecular complexity index is 418. The van der Waals surface area contributed by atoms with Gasteiger partial charge in [-0.2, -0.15) is 0 Å². The van der Waals surface area contributed by atoms with Crippen LogP contribution in [0.4, 0.5) is 0 Å². The van der Waals surface area contributed by atoms with Crippen molar-refractivity contribution >= 4 is 5.97 Å². The molecule has 0 saturated carbocycles. The van der Waals surface area contributed by atoms with Gasteiger partial charge in [-0.15, -0.1) is 0 Å². The summed E-state index contributed by atoms with van der Waals surface area (Å²) < 4.78 is 15.5. The summed E-state index contributed by atoms with van der Waals surface area (Å²) in [6.45, 7) is 2.59. The highest BCUT2D eigenvalue weighted by Gasteiger charge is 2.12. The van der Waals surface area contributed by atoms with E-state index in [2.05, 4.69) is 0 Å². The van der Waals surface area contributed by atoms with Gasteiger partial charge in [-0.05, 0) is 25.1 Å². The molecular weight excluding hydrogens is 252 g/mol. The smallest absolute Gasteiger partial charge is 0.335 e. The van der Waals surface area contributed by atoms with Crippen LogP contribution >= 0.6 is 0 Å². The molecule has 0 heterocycles. The number of rotatable bonds is 8. The highest BCUT2D eigenvalue weighted by Crippen LogP contribution is 2.28. The molecule has 2 N–H and O–H groups in total. The van der Waals surface area contributed by atoms with Crippen molar-refractivity contribution in [1.82, 2.24) is 0 Å². The van der Waals surface area contributed by atoms with Crippen LogP contribution in [0.5, 0.6) is 11.5 Å². The number of hydrogen-bond acceptors (Lipinski definition) is 5. The third-order valence-corrected chi connectivity index (χ3v) is 2.36. The van der Waals surface area contributed by atoms with Gasteiger partial charge in [-0.25, -0.2) is 4.79 Å². The molecular formula is C13H18O6. The number of aliphatic hydroxyl groups is 1. The summed E-state index contributed by atoms with van der Waals surface area (Å²) in [5, 5.41) is 18.4. The lowest BCUT2D eigenvalue weighted by molar-refractivity contribution is 0.0159. The van der Waals surface area contributed by atoms with E-state index in [0.717, 1.165) is 0 Å². The second-order valence-electron chi connectivity index (χ2n) is 3.80. The van der Waals surface area contributed by atoms with E-state index in [1.807, 2.05) is 6.92 Å². The Morgan fingerprint density at radius 2 is 2.05 bits per heavy atom. The lowest BCUT2D eigenvalue weighted by atomic mass is 10.2. The number of carboxylic acids is 1. The van der Waals surface area contributed by atoms with Crippen molar-refractivity contribution in [3.05, 3.63) is 23.8 Å². The Kier molecular flexibility index (Phi) is 6.11. The minimum atomic E-state index is -1.04. The average molecular weight is 270 g/mol. The minimum absolute atomic E-state index is 0.0444. The van der Waals surface area contributed by atoms with Crippen molar-refractivity contribution in [3.8, 4) is 11.5 Å². The van der Waals surface area contributed by atoms with E-state index >= 15 is 0 Å². The van der Waals surface area contributed by atoms with Gasteiger partial charge in [0.2, 0.25) is 0 Å². The van der Waals surface area contributed by atoms with E-state index in [-0.39, 0.29) is 18.8 Å². The Hall–Kier alpha value is -1.79. The average Bonchev–Trinajstić information content (AvgIpc) is 2.42. The maximum absolute atomic E-state index is 10.8. The van der Waals surface area contributed by atoms with Crippen LogP contribution in [0.2, 0.25) is 0 Å². The maximum Gasteiger partial charge on any atom is 0.335 e. The fourth-order valence-corrected chi connectivity index (χ4v) is 1.41. The lowest BCUT2D eigenvalue weighted by Gasteiger charge is -2.14. The molecule has 0 aliphatic heterocycles. The van der Waals surface area contributed by atoms with E-state index < -0.39 is 12.1 Å². The Morgan fingerprint density at radius 3 is 2.63 bits per heavy atom. The zero-order valence-corrected chi connectivity index (χ0v) is 11.0. The molecule has 19 heavy (non-hydrogen) atoms. The maximum atomic E-state index is 10.8. The molecule has 1 aromatic rings. The van der Waals surface area contributed by atoms with Gasteiger partial charge >= 0.3 is 5.97 Å². The predicted octanol–water partition coefficient (Wildman–Crippen LogP) is 1.17. The first-order chi connectivity index (χ1) is 9.08. The fourth-order valence-electron chi connectivity index (χ4n) is 1.41. The Balaban J connectivity index is 2.65. The van der Waals surface area contributed by atoms with Crippen LogP contribution in [0, 0.1) is 0 Å². The number of carboxylic acid groups (broad SMARTS) is 1. The quantitative estimate of drug-likeness (QED) is 0.737. The van der Waals surface area contributed by atoms with Gasteiger partial charge in [0.05, 0.1) is 19.3 Å². The van der Waals surface area contributed by atoms with Crippen molar-refractivity contribution < 1.29 is 29.2 Å².